The number of nitrogens with one attached hydrogen (secondary N) is 3. The predicted molar refractivity (Wildman–Crippen MR) is 94.6 cm³/mol. The molecule has 1 unspecified atom stereocenters. The predicted octanol–water partition coefficient (Wildman–Crippen LogP) is 2.22. The van der Waals surface area contributed by atoms with Gasteiger partial charge < -0.3 is 15.5 Å². The third-order valence-electron chi connectivity index (χ3n) is 4.87. The van der Waals surface area contributed by atoms with Crippen molar-refractivity contribution in [3.63, 3.8) is 0 Å². The van der Waals surface area contributed by atoms with Crippen LogP contribution in [0.2, 0.25) is 0 Å². The summed E-state index contributed by atoms with van der Waals surface area (Å²) in [6.45, 7) is 0.699. The first-order valence-corrected chi connectivity index (χ1v) is 8.69. The Hall–Kier alpha value is -2.83. The van der Waals surface area contributed by atoms with E-state index in [4.69, 9.17) is 0 Å². The fourth-order valence-electron chi connectivity index (χ4n) is 3.59. The molecule has 2 heterocycles. The molecule has 1 aliphatic heterocycles. The molecule has 7 nitrogen and oxygen atoms in total. The number of carbonyl (C=O) groups is 2. The molecular formula is C18H21N5O2. The summed E-state index contributed by atoms with van der Waals surface area (Å²) in [6.07, 6.45) is 5.84. The van der Waals surface area contributed by atoms with Crippen LogP contribution in [0.1, 0.15) is 30.5 Å². The lowest BCUT2D eigenvalue weighted by molar-refractivity contribution is -0.117. The molecular weight excluding hydrogens is 318 g/mol. The van der Waals surface area contributed by atoms with E-state index in [1.165, 1.54) is 5.56 Å². The number of amides is 3. The minimum Gasteiger partial charge on any atom is -0.335 e. The molecule has 1 saturated heterocycles. The second-order valence-electron chi connectivity index (χ2n) is 6.58. The third-order valence-corrected chi connectivity index (χ3v) is 4.87. The Kier molecular flexibility index (Phi) is 4.13. The van der Waals surface area contributed by atoms with E-state index in [2.05, 4.69) is 20.8 Å². The van der Waals surface area contributed by atoms with E-state index in [0.29, 0.717) is 18.7 Å². The number of para-hydroxylation sites is 2. The average molecular weight is 339 g/mol. The SMILES string of the molecule is O=C(Nc1ccccc1N1CCCC1=O)NC1CCc2cn[nH]c2C1. The molecule has 1 fully saturated rings. The number of carbonyl (C=O) groups excluding carboxylic acids is 2. The molecule has 0 radical (unpaired) electrons. The number of hydrogen-bond donors (Lipinski definition) is 3. The summed E-state index contributed by atoms with van der Waals surface area (Å²) in [6, 6.07) is 7.27. The molecule has 3 N–H and O–H groups in total. The fourth-order valence-corrected chi connectivity index (χ4v) is 3.59. The van der Waals surface area contributed by atoms with Gasteiger partial charge in [-0.2, -0.15) is 5.10 Å². The summed E-state index contributed by atoms with van der Waals surface area (Å²) in [7, 11) is 0. The van der Waals surface area contributed by atoms with Gasteiger partial charge in [0.15, 0.2) is 0 Å². The highest BCUT2D eigenvalue weighted by atomic mass is 16.2. The third kappa shape index (κ3) is 3.22. The van der Waals surface area contributed by atoms with Crippen molar-refractivity contribution < 1.29 is 9.59 Å². The van der Waals surface area contributed by atoms with Crippen LogP contribution in [0.3, 0.4) is 0 Å². The zero-order chi connectivity index (χ0) is 17.2. The number of aromatic amines is 1. The number of rotatable bonds is 3. The maximum absolute atomic E-state index is 12.4. The molecule has 130 valence electrons. The van der Waals surface area contributed by atoms with Gasteiger partial charge in [0.1, 0.15) is 0 Å². The first-order chi connectivity index (χ1) is 12.2. The largest absolute Gasteiger partial charge is 0.335 e. The number of benzene rings is 1. The number of hydrogen-bond acceptors (Lipinski definition) is 3. The van der Waals surface area contributed by atoms with Crippen LogP contribution in [0.5, 0.6) is 0 Å². The quantitative estimate of drug-likeness (QED) is 0.801. The molecule has 2 aromatic rings. The van der Waals surface area contributed by atoms with E-state index >= 15 is 0 Å². The Bertz CT molecular complexity index is 800. The van der Waals surface area contributed by atoms with Crippen LogP contribution in [0.15, 0.2) is 30.5 Å². The molecule has 0 bridgehead atoms. The van der Waals surface area contributed by atoms with Gasteiger partial charge in [-0.3, -0.25) is 9.89 Å². The van der Waals surface area contributed by atoms with Gasteiger partial charge in [0.25, 0.3) is 0 Å². The van der Waals surface area contributed by atoms with Crippen molar-refractivity contribution in [2.75, 3.05) is 16.8 Å². The molecule has 25 heavy (non-hydrogen) atoms. The number of fused-ring (bicyclic) bond motifs is 1. The van der Waals surface area contributed by atoms with Crippen molar-refractivity contribution in [3.05, 3.63) is 41.7 Å². The zero-order valence-corrected chi connectivity index (χ0v) is 13.9. The first kappa shape index (κ1) is 15.7. The molecule has 0 spiro atoms. The van der Waals surface area contributed by atoms with E-state index in [0.717, 1.165) is 37.1 Å². The van der Waals surface area contributed by atoms with E-state index in [9.17, 15) is 9.59 Å². The topological polar surface area (TPSA) is 90.1 Å². The molecule has 0 saturated carbocycles. The molecule has 1 aromatic heterocycles. The Balaban J connectivity index is 1.42. The summed E-state index contributed by atoms with van der Waals surface area (Å²) in [5.74, 6) is 0.105. The van der Waals surface area contributed by atoms with Gasteiger partial charge in [-0.15, -0.1) is 0 Å². The van der Waals surface area contributed by atoms with Crippen molar-refractivity contribution in [2.24, 2.45) is 0 Å². The lowest BCUT2D eigenvalue weighted by Gasteiger charge is -2.24. The number of H-pyrrole nitrogens is 1. The normalized spacial score (nSPS) is 19.6. The van der Waals surface area contributed by atoms with Gasteiger partial charge in [-0.25, -0.2) is 4.79 Å². The van der Waals surface area contributed by atoms with Gasteiger partial charge in [-0.05, 0) is 37.0 Å². The summed E-state index contributed by atoms with van der Waals surface area (Å²) < 4.78 is 0. The van der Waals surface area contributed by atoms with Gasteiger partial charge in [0.05, 0.1) is 17.6 Å². The number of nitrogens with zero attached hydrogens (tertiary/aromatic N) is 2. The Morgan fingerprint density at radius 1 is 1.28 bits per heavy atom. The number of anilines is 2. The highest BCUT2D eigenvalue weighted by Gasteiger charge is 2.25. The monoisotopic (exact) mass is 339 g/mol. The van der Waals surface area contributed by atoms with Gasteiger partial charge >= 0.3 is 6.03 Å². The summed E-state index contributed by atoms with van der Waals surface area (Å²) in [5, 5.41) is 13.0. The summed E-state index contributed by atoms with van der Waals surface area (Å²) >= 11 is 0. The smallest absolute Gasteiger partial charge is 0.319 e. The van der Waals surface area contributed by atoms with Crippen LogP contribution in [0.4, 0.5) is 16.2 Å². The highest BCUT2D eigenvalue weighted by molar-refractivity contribution is 6.01. The summed E-state index contributed by atoms with van der Waals surface area (Å²) in [5.41, 5.74) is 3.75. The van der Waals surface area contributed by atoms with Crippen molar-refractivity contribution in [2.45, 2.75) is 38.1 Å². The highest BCUT2D eigenvalue weighted by Crippen LogP contribution is 2.29. The van der Waals surface area contributed by atoms with Gasteiger partial charge in [0.2, 0.25) is 5.91 Å². The molecule has 1 aromatic carbocycles. The first-order valence-electron chi connectivity index (χ1n) is 8.69. The second kappa shape index (κ2) is 6.58. The second-order valence-corrected chi connectivity index (χ2v) is 6.58. The van der Waals surface area contributed by atoms with E-state index in [-0.39, 0.29) is 18.0 Å². The lowest BCUT2D eigenvalue weighted by Crippen LogP contribution is -2.41. The fraction of sp³-hybridized carbons (Fsp3) is 0.389. The molecule has 4 rings (SSSR count). The van der Waals surface area contributed by atoms with Crippen LogP contribution in [0, 0.1) is 0 Å². The van der Waals surface area contributed by atoms with Crippen molar-refractivity contribution in [1.29, 1.82) is 0 Å². The van der Waals surface area contributed by atoms with Crippen molar-refractivity contribution in [1.82, 2.24) is 15.5 Å². The van der Waals surface area contributed by atoms with Crippen LogP contribution in [-0.2, 0) is 17.6 Å². The van der Waals surface area contributed by atoms with Gasteiger partial charge in [0, 0.05) is 31.1 Å². The number of urea groups is 1. The standard InChI is InChI=1S/C18H21N5O2/c24-17-6-3-9-23(17)16-5-2-1-4-14(16)21-18(25)20-13-8-7-12-11-19-22-15(12)10-13/h1-2,4-5,11,13H,3,6-10H2,(H,19,22)(H2,20,21,25). The zero-order valence-electron chi connectivity index (χ0n) is 13.9. The summed E-state index contributed by atoms with van der Waals surface area (Å²) in [4.78, 5) is 26.2. The van der Waals surface area contributed by atoms with Crippen LogP contribution >= 0.6 is 0 Å². The Morgan fingerprint density at radius 2 is 2.16 bits per heavy atom. The minimum absolute atomic E-state index is 0.0773. The Labute approximate surface area is 145 Å². The molecule has 2 aliphatic rings. The number of aryl methyl sites for hydroxylation is 1. The van der Waals surface area contributed by atoms with Crippen molar-refractivity contribution in [3.8, 4) is 0 Å². The molecule has 1 aliphatic carbocycles. The van der Waals surface area contributed by atoms with E-state index in [1.54, 1.807) is 4.90 Å². The minimum atomic E-state index is -0.243. The Morgan fingerprint density at radius 3 is 3.00 bits per heavy atom. The van der Waals surface area contributed by atoms with Crippen LogP contribution < -0.4 is 15.5 Å². The van der Waals surface area contributed by atoms with E-state index < -0.39 is 0 Å². The average Bonchev–Trinajstić information content (AvgIpc) is 3.23. The van der Waals surface area contributed by atoms with Crippen LogP contribution in [0.25, 0.3) is 0 Å². The van der Waals surface area contributed by atoms with Crippen LogP contribution in [-0.4, -0.2) is 34.7 Å². The van der Waals surface area contributed by atoms with Crippen molar-refractivity contribution >= 4 is 23.3 Å². The molecule has 3 amide bonds. The maximum Gasteiger partial charge on any atom is 0.319 e. The number of aromatic nitrogens is 2. The molecule has 7 heteroatoms. The maximum atomic E-state index is 12.4. The van der Waals surface area contributed by atoms with Gasteiger partial charge in [-0.1, -0.05) is 12.1 Å². The lowest BCUT2D eigenvalue weighted by atomic mass is 9.94. The van der Waals surface area contributed by atoms with E-state index in [1.807, 2.05) is 30.5 Å². The molecule has 1 atom stereocenters.